The molecular weight excluding hydrogens is 347 g/mol. The fourth-order valence-electron chi connectivity index (χ4n) is 1.75. The second kappa shape index (κ2) is 7.54. The summed E-state index contributed by atoms with van der Waals surface area (Å²) >= 11 is 8.00. The smallest absolute Gasteiger partial charge is 0.325 e. The summed E-state index contributed by atoms with van der Waals surface area (Å²) in [6, 6.07) is 3.19. The summed E-state index contributed by atoms with van der Waals surface area (Å²) in [5.74, 6) is -0.917. The molecule has 1 aromatic carbocycles. The molecule has 1 rings (SSSR count). The van der Waals surface area contributed by atoms with Gasteiger partial charge in [-0.3, -0.25) is 4.79 Å². The van der Waals surface area contributed by atoms with Gasteiger partial charge in [0.15, 0.2) is 5.82 Å². The van der Waals surface area contributed by atoms with E-state index in [1.165, 1.54) is 7.11 Å². The quantitative estimate of drug-likeness (QED) is 0.622. The van der Waals surface area contributed by atoms with Gasteiger partial charge < -0.3 is 15.4 Å². The minimum atomic E-state index is -0.493. The number of carbonyl (C=O) groups excluding carboxylic acids is 1. The molecule has 0 spiro atoms. The number of rotatable bonds is 6. The van der Waals surface area contributed by atoms with Gasteiger partial charge in [-0.1, -0.05) is 19.1 Å². The number of halogens is 2. The molecule has 0 aliphatic heterocycles. The zero-order valence-electron chi connectivity index (χ0n) is 11.3. The Hall–Kier alpha value is -1.21. The van der Waals surface area contributed by atoms with Crippen LogP contribution in [-0.2, 0) is 9.53 Å². The largest absolute Gasteiger partial charge is 0.468 e. The molecule has 0 radical (unpaired) electrons. The first-order chi connectivity index (χ1) is 9.42. The Bertz CT molecular complexity index is 525. The van der Waals surface area contributed by atoms with E-state index in [9.17, 15) is 9.18 Å². The van der Waals surface area contributed by atoms with E-state index in [4.69, 9.17) is 18.0 Å². The van der Waals surface area contributed by atoms with E-state index in [0.717, 1.165) is 6.42 Å². The van der Waals surface area contributed by atoms with Gasteiger partial charge in [-0.05, 0) is 34.5 Å². The summed E-state index contributed by atoms with van der Waals surface area (Å²) in [6.07, 6.45) is 0.769. The molecule has 0 saturated carbocycles. The number of methoxy groups -OCH3 is 1. The van der Waals surface area contributed by atoms with Crippen LogP contribution in [0.1, 0.15) is 18.9 Å². The van der Waals surface area contributed by atoms with Crippen LogP contribution in [0.15, 0.2) is 16.6 Å². The van der Waals surface area contributed by atoms with E-state index in [-0.39, 0.29) is 16.0 Å². The summed E-state index contributed by atoms with van der Waals surface area (Å²) in [6.45, 7) is 2.46. The molecule has 0 fully saturated rings. The monoisotopic (exact) mass is 362 g/mol. The Morgan fingerprint density at radius 1 is 1.55 bits per heavy atom. The van der Waals surface area contributed by atoms with E-state index in [0.29, 0.717) is 17.8 Å². The second-order valence-electron chi connectivity index (χ2n) is 4.12. The predicted molar refractivity (Wildman–Crippen MR) is 84.5 cm³/mol. The zero-order chi connectivity index (χ0) is 15.3. The molecule has 0 amide bonds. The number of nitrogens with two attached hydrogens (primary N) is 1. The SMILES string of the molecule is CCCN(CC(=O)OC)c1ccc(C(N)=S)c(Br)c1F. The van der Waals surface area contributed by atoms with Gasteiger partial charge in [-0.2, -0.15) is 0 Å². The number of nitrogens with zero attached hydrogens (tertiary/aromatic N) is 1. The van der Waals surface area contributed by atoms with Crippen LogP contribution in [0.4, 0.5) is 10.1 Å². The van der Waals surface area contributed by atoms with E-state index < -0.39 is 11.8 Å². The highest BCUT2D eigenvalue weighted by molar-refractivity contribution is 9.10. The Labute approximate surface area is 131 Å². The molecule has 1 aromatic rings. The van der Waals surface area contributed by atoms with Crippen molar-refractivity contribution in [3.8, 4) is 0 Å². The lowest BCUT2D eigenvalue weighted by molar-refractivity contribution is -0.138. The highest BCUT2D eigenvalue weighted by Crippen LogP contribution is 2.29. The van der Waals surface area contributed by atoms with Crippen molar-refractivity contribution < 1.29 is 13.9 Å². The van der Waals surface area contributed by atoms with Gasteiger partial charge in [0.1, 0.15) is 11.5 Å². The average Bonchev–Trinajstić information content (AvgIpc) is 2.40. The fraction of sp³-hybridized carbons (Fsp3) is 0.385. The molecule has 110 valence electrons. The van der Waals surface area contributed by atoms with Gasteiger partial charge in [0, 0.05) is 12.1 Å². The third kappa shape index (κ3) is 3.89. The van der Waals surface area contributed by atoms with Gasteiger partial charge in [0.2, 0.25) is 0 Å². The average molecular weight is 363 g/mol. The van der Waals surface area contributed by atoms with E-state index >= 15 is 0 Å². The van der Waals surface area contributed by atoms with Gasteiger partial charge in [-0.15, -0.1) is 0 Å². The molecular formula is C13H16BrFN2O2S. The molecule has 0 bridgehead atoms. The van der Waals surface area contributed by atoms with Crippen LogP contribution >= 0.6 is 28.1 Å². The molecule has 0 aliphatic rings. The van der Waals surface area contributed by atoms with Crippen molar-refractivity contribution in [3.63, 3.8) is 0 Å². The summed E-state index contributed by atoms with van der Waals surface area (Å²) in [5.41, 5.74) is 6.25. The van der Waals surface area contributed by atoms with Gasteiger partial charge in [-0.25, -0.2) is 4.39 Å². The number of benzene rings is 1. The molecule has 7 heteroatoms. The number of hydrogen-bond donors (Lipinski definition) is 1. The first-order valence-corrected chi connectivity index (χ1v) is 7.22. The predicted octanol–water partition coefficient (Wildman–Crippen LogP) is 2.61. The summed E-state index contributed by atoms with van der Waals surface area (Å²) in [4.78, 5) is 13.1. The van der Waals surface area contributed by atoms with Crippen molar-refractivity contribution in [2.75, 3.05) is 25.1 Å². The fourth-order valence-corrected chi connectivity index (χ4v) is 2.60. The lowest BCUT2D eigenvalue weighted by atomic mass is 10.1. The Morgan fingerprint density at radius 2 is 2.20 bits per heavy atom. The molecule has 0 unspecified atom stereocenters. The number of esters is 1. The van der Waals surface area contributed by atoms with Crippen LogP contribution in [0.3, 0.4) is 0 Å². The molecule has 4 nitrogen and oxygen atoms in total. The third-order valence-electron chi connectivity index (χ3n) is 2.71. The van der Waals surface area contributed by atoms with Crippen molar-refractivity contribution in [2.45, 2.75) is 13.3 Å². The summed E-state index contributed by atoms with van der Waals surface area (Å²) < 4.78 is 19.2. The molecule has 0 heterocycles. The van der Waals surface area contributed by atoms with Crippen LogP contribution in [0.2, 0.25) is 0 Å². The lowest BCUT2D eigenvalue weighted by Crippen LogP contribution is -2.32. The standard InChI is InChI=1S/C13H16BrFN2O2S/c1-3-6-17(7-10(18)19-2)9-5-4-8(13(16)20)11(14)12(9)15/h4-5H,3,6-7H2,1-2H3,(H2,16,20). The van der Waals surface area contributed by atoms with Crippen LogP contribution < -0.4 is 10.6 Å². The maximum atomic E-state index is 14.4. The minimum Gasteiger partial charge on any atom is -0.468 e. The Morgan fingerprint density at radius 3 is 2.70 bits per heavy atom. The highest BCUT2D eigenvalue weighted by Gasteiger charge is 2.19. The van der Waals surface area contributed by atoms with Crippen molar-refractivity contribution in [1.82, 2.24) is 0 Å². The van der Waals surface area contributed by atoms with E-state index in [2.05, 4.69) is 20.7 Å². The molecule has 2 N–H and O–H groups in total. The molecule has 0 atom stereocenters. The van der Waals surface area contributed by atoms with Crippen LogP contribution in [0, 0.1) is 5.82 Å². The van der Waals surface area contributed by atoms with Crippen molar-refractivity contribution in [2.24, 2.45) is 5.73 Å². The van der Waals surface area contributed by atoms with Crippen molar-refractivity contribution in [3.05, 3.63) is 28.0 Å². The number of hydrogen-bond acceptors (Lipinski definition) is 4. The maximum absolute atomic E-state index is 14.4. The molecule has 0 aromatic heterocycles. The van der Waals surface area contributed by atoms with Gasteiger partial charge in [0.25, 0.3) is 0 Å². The minimum absolute atomic E-state index is 0.0138. The van der Waals surface area contributed by atoms with Crippen LogP contribution in [0.5, 0.6) is 0 Å². The molecule has 0 aliphatic carbocycles. The molecule has 0 saturated heterocycles. The third-order valence-corrected chi connectivity index (χ3v) is 3.70. The van der Waals surface area contributed by atoms with Crippen LogP contribution in [-0.4, -0.2) is 31.2 Å². The number of anilines is 1. The zero-order valence-corrected chi connectivity index (χ0v) is 13.7. The summed E-state index contributed by atoms with van der Waals surface area (Å²) in [5, 5.41) is 0. The highest BCUT2D eigenvalue weighted by atomic mass is 79.9. The Balaban J connectivity index is 3.17. The van der Waals surface area contributed by atoms with E-state index in [1.807, 2.05) is 6.92 Å². The van der Waals surface area contributed by atoms with Crippen molar-refractivity contribution >= 4 is 44.8 Å². The van der Waals surface area contributed by atoms with Crippen molar-refractivity contribution in [1.29, 1.82) is 0 Å². The first-order valence-electron chi connectivity index (χ1n) is 6.01. The van der Waals surface area contributed by atoms with Crippen LogP contribution in [0.25, 0.3) is 0 Å². The normalized spacial score (nSPS) is 10.2. The second-order valence-corrected chi connectivity index (χ2v) is 5.35. The van der Waals surface area contributed by atoms with Gasteiger partial charge in [0.05, 0.1) is 17.3 Å². The summed E-state index contributed by atoms with van der Waals surface area (Å²) in [7, 11) is 1.30. The maximum Gasteiger partial charge on any atom is 0.325 e. The van der Waals surface area contributed by atoms with Gasteiger partial charge >= 0.3 is 5.97 Å². The lowest BCUT2D eigenvalue weighted by Gasteiger charge is -2.24. The van der Waals surface area contributed by atoms with E-state index in [1.54, 1.807) is 17.0 Å². The number of carbonyl (C=O) groups is 1. The molecule has 20 heavy (non-hydrogen) atoms. The Kier molecular flexibility index (Phi) is 6.35. The topological polar surface area (TPSA) is 55.6 Å². The number of ether oxygens (including phenoxy) is 1. The first kappa shape index (κ1) is 16.8. The number of thiocarbonyl (C=S) groups is 1.